The SMILES string of the molecule is C=CCNC(=O)C(C)Sc1nc(C)cs1. The van der Waals surface area contributed by atoms with E-state index in [1.165, 1.54) is 11.8 Å². The van der Waals surface area contributed by atoms with E-state index in [4.69, 9.17) is 0 Å². The van der Waals surface area contributed by atoms with Crippen LogP contribution in [0.15, 0.2) is 22.4 Å². The molecule has 1 atom stereocenters. The van der Waals surface area contributed by atoms with Crippen molar-refractivity contribution in [1.82, 2.24) is 10.3 Å². The third kappa shape index (κ3) is 4.05. The molecule has 0 fully saturated rings. The Labute approximate surface area is 98.0 Å². The number of aromatic nitrogens is 1. The molecule has 0 radical (unpaired) electrons. The summed E-state index contributed by atoms with van der Waals surface area (Å²) in [5.74, 6) is 0.0211. The van der Waals surface area contributed by atoms with Crippen molar-refractivity contribution >= 4 is 29.0 Å². The molecule has 0 aromatic carbocycles. The first kappa shape index (κ1) is 12.3. The van der Waals surface area contributed by atoms with Crippen LogP contribution in [0.4, 0.5) is 0 Å². The van der Waals surface area contributed by atoms with Gasteiger partial charge >= 0.3 is 0 Å². The smallest absolute Gasteiger partial charge is 0.233 e. The Morgan fingerprint density at radius 3 is 3.13 bits per heavy atom. The molecule has 0 aliphatic heterocycles. The maximum atomic E-state index is 11.5. The van der Waals surface area contributed by atoms with Gasteiger partial charge < -0.3 is 5.32 Å². The number of carbonyl (C=O) groups excluding carboxylic acids is 1. The topological polar surface area (TPSA) is 42.0 Å². The largest absolute Gasteiger partial charge is 0.352 e. The van der Waals surface area contributed by atoms with Crippen molar-refractivity contribution in [1.29, 1.82) is 0 Å². The zero-order chi connectivity index (χ0) is 11.3. The Kier molecular flexibility index (Phi) is 4.84. The van der Waals surface area contributed by atoms with Crippen LogP contribution in [0, 0.1) is 6.92 Å². The van der Waals surface area contributed by atoms with Gasteiger partial charge in [-0.1, -0.05) is 17.8 Å². The molecule has 1 aromatic rings. The van der Waals surface area contributed by atoms with Crippen LogP contribution in [0.5, 0.6) is 0 Å². The molecule has 0 saturated carbocycles. The predicted octanol–water partition coefficient (Wildman–Crippen LogP) is 2.23. The Bertz CT molecular complexity index is 349. The van der Waals surface area contributed by atoms with E-state index in [0.717, 1.165) is 10.0 Å². The number of rotatable bonds is 5. The zero-order valence-electron chi connectivity index (χ0n) is 8.82. The van der Waals surface area contributed by atoms with E-state index >= 15 is 0 Å². The highest BCUT2D eigenvalue weighted by atomic mass is 32.2. The second kappa shape index (κ2) is 5.92. The quantitative estimate of drug-likeness (QED) is 0.636. The van der Waals surface area contributed by atoms with Gasteiger partial charge in [0, 0.05) is 17.6 Å². The molecular formula is C10H14N2OS2. The molecule has 0 aliphatic carbocycles. The normalized spacial score (nSPS) is 12.1. The van der Waals surface area contributed by atoms with Gasteiger partial charge in [0.15, 0.2) is 4.34 Å². The van der Waals surface area contributed by atoms with Crippen molar-refractivity contribution in [3.8, 4) is 0 Å². The highest BCUT2D eigenvalue weighted by Crippen LogP contribution is 2.26. The number of amides is 1. The van der Waals surface area contributed by atoms with Crippen LogP contribution in [0.25, 0.3) is 0 Å². The molecule has 0 aliphatic rings. The molecule has 5 heteroatoms. The van der Waals surface area contributed by atoms with Crippen LogP contribution in [-0.4, -0.2) is 22.7 Å². The van der Waals surface area contributed by atoms with Gasteiger partial charge in [0.05, 0.1) is 5.25 Å². The summed E-state index contributed by atoms with van der Waals surface area (Å²) in [4.78, 5) is 15.8. The minimum atomic E-state index is -0.115. The number of thioether (sulfide) groups is 1. The molecule has 1 aromatic heterocycles. The van der Waals surface area contributed by atoms with Crippen molar-refractivity contribution in [2.45, 2.75) is 23.4 Å². The summed E-state index contributed by atoms with van der Waals surface area (Å²) < 4.78 is 0.939. The Balaban J connectivity index is 2.44. The van der Waals surface area contributed by atoms with E-state index in [2.05, 4.69) is 16.9 Å². The minimum absolute atomic E-state index is 0.0211. The van der Waals surface area contributed by atoms with E-state index in [0.29, 0.717) is 6.54 Å². The monoisotopic (exact) mass is 242 g/mol. The molecule has 1 heterocycles. The molecule has 1 amide bonds. The highest BCUT2D eigenvalue weighted by molar-refractivity contribution is 8.02. The summed E-state index contributed by atoms with van der Waals surface area (Å²) in [5, 5.41) is 4.63. The van der Waals surface area contributed by atoms with Crippen molar-refractivity contribution in [2.75, 3.05) is 6.54 Å². The molecule has 0 spiro atoms. The number of hydrogen-bond acceptors (Lipinski definition) is 4. The molecule has 82 valence electrons. The second-order valence-electron chi connectivity index (χ2n) is 3.05. The third-order valence-electron chi connectivity index (χ3n) is 1.67. The van der Waals surface area contributed by atoms with Gasteiger partial charge in [0.25, 0.3) is 0 Å². The average molecular weight is 242 g/mol. The van der Waals surface area contributed by atoms with E-state index in [1.807, 2.05) is 19.2 Å². The Morgan fingerprint density at radius 1 is 1.87 bits per heavy atom. The fourth-order valence-corrected chi connectivity index (χ4v) is 2.92. The fourth-order valence-electron chi connectivity index (χ4n) is 0.908. The number of aryl methyl sites for hydroxylation is 1. The number of thiazole rings is 1. The molecule has 1 rings (SSSR count). The van der Waals surface area contributed by atoms with Crippen molar-refractivity contribution in [2.24, 2.45) is 0 Å². The van der Waals surface area contributed by atoms with Crippen LogP contribution >= 0.6 is 23.1 Å². The lowest BCUT2D eigenvalue weighted by atomic mass is 10.4. The first-order chi connectivity index (χ1) is 7.13. The lowest BCUT2D eigenvalue weighted by Crippen LogP contribution is -2.30. The van der Waals surface area contributed by atoms with Gasteiger partial charge in [-0.2, -0.15) is 0 Å². The molecule has 3 nitrogen and oxygen atoms in total. The lowest BCUT2D eigenvalue weighted by molar-refractivity contribution is -0.120. The van der Waals surface area contributed by atoms with Crippen LogP contribution in [0.1, 0.15) is 12.6 Å². The lowest BCUT2D eigenvalue weighted by Gasteiger charge is -2.08. The summed E-state index contributed by atoms with van der Waals surface area (Å²) in [6.45, 7) is 7.88. The van der Waals surface area contributed by atoms with Gasteiger partial charge in [-0.25, -0.2) is 4.98 Å². The maximum Gasteiger partial charge on any atom is 0.233 e. The molecule has 1 unspecified atom stereocenters. The van der Waals surface area contributed by atoms with E-state index in [1.54, 1.807) is 17.4 Å². The maximum absolute atomic E-state index is 11.5. The third-order valence-corrected chi connectivity index (χ3v) is 3.86. The first-order valence-electron chi connectivity index (χ1n) is 4.61. The Morgan fingerprint density at radius 2 is 2.60 bits per heavy atom. The van der Waals surface area contributed by atoms with Crippen LogP contribution < -0.4 is 5.32 Å². The van der Waals surface area contributed by atoms with Crippen molar-refractivity contribution in [3.63, 3.8) is 0 Å². The van der Waals surface area contributed by atoms with Gasteiger partial charge in [-0.05, 0) is 13.8 Å². The number of hydrogen-bond donors (Lipinski definition) is 1. The zero-order valence-corrected chi connectivity index (χ0v) is 10.5. The molecular weight excluding hydrogens is 228 g/mol. The standard InChI is InChI=1S/C10H14N2OS2/c1-4-5-11-9(13)8(3)15-10-12-7(2)6-14-10/h4,6,8H,1,5H2,2-3H3,(H,11,13). The van der Waals surface area contributed by atoms with E-state index < -0.39 is 0 Å². The predicted molar refractivity (Wildman–Crippen MR) is 65.4 cm³/mol. The van der Waals surface area contributed by atoms with Gasteiger partial charge in [-0.15, -0.1) is 17.9 Å². The van der Waals surface area contributed by atoms with Crippen molar-refractivity contribution in [3.05, 3.63) is 23.7 Å². The van der Waals surface area contributed by atoms with Crippen LogP contribution in [-0.2, 0) is 4.79 Å². The van der Waals surface area contributed by atoms with E-state index in [9.17, 15) is 4.79 Å². The minimum Gasteiger partial charge on any atom is -0.352 e. The second-order valence-corrected chi connectivity index (χ2v) is 5.49. The fraction of sp³-hybridized carbons (Fsp3) is 0.400. The number of nitrogens with one attached hydrogen (secondary N) is 1. The number of carbonyl (C=O) groups is 1. The summed E-state index contributed by atoms with van der Waals surface area (Å²) >= 11 is 3.05. The summed E-state index contributed by atoms with van der Waals surface area (Å²) in [6.07, 6.45) is 1.67. The summed E-state index contributed by atoms with van der Waals surface area (Å²) in [5.41, 5.74) is 1.00. The van der Waals surface area contributed by atoms with Gasteiger partial charge in [0.1, 0.15) is 0 Å². The summed E-state index contributed by atoms with van der Waals surface area (Å²) in [7, 11) is 0. The molecule has 1 N–H and O–H groups in total. The van der Waals surface area contributed by atoms with Crippen LogP contribution in [0.2, 0.25) is 0 Å². The van der Waals surface area contributed by atoms with Gasteiger partial charge in [-0.3, -0.25) is 4.79 Å². The summed E-state index contributed by atoms with van der Waals surface area (Å²) in [6, 6.07) is 0. The van der Waals surface area contributed by atoms with Crippen LogP contribution in [0.3, 0.4) is 0 Å². The molecule has 0 saturated heterocycles. The molecule has 0 bridgehead atoms. The Hall–Kier alpha value is -0.810. The van der Waals surface area contributed by atoms with E-state index in [-0.39, 0.29) is 11.2 Å². The van der Waals surface area contributed by atoms with Gasteiger partial charge in [0.2, 0.25) is 5.91 Å². The van der Waals surface area contributed by atoms with Crippen molar-refractivity contribution < 1.29 is 4.79 Å². The highest BCUT2D eigenvalue weighted by Gasteiger charge is 2.14. The number of nitrogens with zero attached hydrogens (tertiary/aromatic N) is 1. The average Bonchev–Trinajstić information content (AvgIpc) is 2.60. The first-order valence-corrected chi connectivity index (χ1v) is 6.37. The molecule has 15 heavy (non-hydrogen) atoms.